The molecule has 1 aromatic heterocycles. The van der Waals surface area contributed by atoms with Gasteiger partial charge in [0.15, 0.2) is 0 Å². The molecule has 29 heavy (non-hydrogen) atoms. The number of nitrogens with one attached hydrogen (secondary N) is 1. The van der Waals surface area contributed by atoms with Crippen molar-refractivity contribution in [2.24, 2.45) is 23.2 Å². The minimum Gasteiger partial charge on any atom is -0.465 e. The van der Waals surface area contributed by atoms with E-state index in [4.69, 9.17) is 4.74 Å². The van der Waals surface area contributed by atoms with Crippen LogP contribution in [0.2, 0.25) is 0 Å². The lowest BCUT2D eigenvalue weighted by Gasteiger charge is -2.55. The first kappa shape index (κ1) is 18.9. The van der Waals surface area contributed by atoms with Gasteiger partial charge in [0.1, 0.15) is 10.6 Å². The van der Waals surface area contributed by atoms with Gasteiger partial charge in [-0.15, -0.1) is 11.3 Å². The van der Waals surface area contributed by atoms with Crippen molar-refractivity contribution >= 4 is 28.2 Å². The van der Waals surface area contributed by atoms with Crippen LogP contribution >= 0.6 is 11.3 Å². The van der Waals surface area contributed by atoms with E-state index in [1.807, 2.05) is 36.6 Å². The average Bonchev–Trinajstić information content (AvgIpc) is 3.10. The summed E-state index contributed by atoms with van der Waals surface area (Å²) in [6.07, 6.45) is 6.93. The molecule has 4 aliphatic rings. The van der Waals surface area contributed by atoms with E-state index in [0.717, 1.165) is 30.4 Å². The molecule has 1 N–H and O–H groups in total. The molecule has 4 saturated carbocycles. The quantitative estimate of drug-likeness (QED) is 0.663. The Labute approximate surface area is 175 Å². The van der Waals surface area contributed by atoms with E-state index in [9.17, 15) is 9.59 Å². The SMILES string of the molecule is COC(=O)c1c(-c2ccc(C)cc2)csc1NC(=O)C12CC3CC(CC(C3)C1)C2. The van der Waals surface area contributed by atoms with Gasteiger partial charge in [0.2, 0.25) is 5.91 Å². The molecule has 4 aliphatic carbocycles. The van der Waals surface area contributed by atoms with Gasteiger partial charge >= 0.3 is 5.97 Å². The summed E-state index contributed by atoms with van der Waals surface area (Å²) in [5, 5.41) is 5.73. The fourth-order valence-electron chi connectivity index (χ4n) is 6.32. The van der Waals surface area contributed by atoms with Gasteiger partial charge < -0.3 is 10.1 Å². The van der Waals surface area contributed by atoms with Crippen molar-refractivity contribution in [1.82, 2.24) is 0 Å². The molecule has 0 unspecified atom stereocenters. The topological polar surface area (TPSA) is 55.4 Å². The van der Waals surface area contributed by atoms with Crippen LogP contribution in [0.4, 0.5) is 5.00 Å². The van der Waals surface area contributed by atoms with E-state index in [1.54, 1.807) is 0 Å². The lowest BCUT2D eigenvalue weighted by molar-refractivity contribution is -0.140. The number of aryl methyl sites for hydroxylation is 1. The summed E-state index contributed by atoms with van der Waals surface area (Å²) in [5.41, 5.74) is 3.18. The Morgan fingerprint density at radius 3 is 2.17 bits per heavy atom. The highest BCUT2D eigenvalue weighted by Gasteiger charge is 2.54. The average molecular weight is 410 g/mol. The van der Waals surface area contributed by atoms with Crippen molar-refractivity contribution in [3.63, 3.8) is 0 Å². The highest BCUT2D eigenvalue weighted by molar-refractivity contribution is 7.15. The van der Waals surface area contributed by atoms with E-state index in [2.05, 4.69) is 5.32 Å². The molecule has 0 atom stereocenters. The van der Waals surface area contributed by atoms with Crippen LogP contribution in [0.25, 0.3) is 11.1 Å². The van der Waals surface area contributed by atoms with Crippen molar-refractivity contribution in [3.8, 4) is 11.1 Å². The van der Waals surface area contributed by atoms with Gasteiger partial charge in [-0.05, 0) is 68.8 Å². The van der Waals surface area contributed by atoms with Crippen LogP contribution in [0.3, 0.4) is 0 Å². The number of esters is 1. The summed E-state index contributed by atoms with van der Waals surface area (Å²) in [6.45, 7) is 2.04. The zero-order valence-corrected chi connectivity index (χ0v) is 17.8. The van der Waals surface area contributed by atoms with Gasteiger partial charge in [-0.1, -0.05) is 29.8 Å². The maximum absolute atomic E-state index is 13.5. The summed E-state index contributed by atoms with van der Waals surface area (Å²) in [5.74, 6) is 1.83. The third kappa shape index (κ3) is 3.20. The molecular weight excluding hydrogens is 382 g/mol. The summed E-state index contributed by atoms with van der Waals surface area (Å²) in [4.78, 5) is 26.1. The third-order valence-corrected chi connectivity index (χ3v) is 8.19. The second kappa shape index (κ2) is 6.98. The number of thiophene rings is 1. The molecule has 0 radical (unpaired) electrons. The minimum atomic E-state index is -0.400. The molecule has 0 aliphatic heterocycles. The van der Waals surface area contributed by atoms with Crippen molar-refractivity contribution in [2.75, 3.05) is 12.4 Å². The minimum absolute atomic E-state index is 0.110. The lowest BCUT2D eigenvalue weighted by atomic mass is 9.49. The monoisotopic (exact) mass is 409 g/mol. The predicted molar refractivity (Wildman–Crippen MR) is 115 cm³/mol. The number of rotatable bonds is 4. The molecule has 1 aromatic carbocycles. The Hall–Kier alpha value is -2.14. The maximum Gasteiger partial charge on any atom is 0.341 e. The number of ether oxygens (including phenoxy) is 1. The molecule has 152 valence electrons. The first-order chi connectivity index (χ1) is 14.0. The Morgan fingerprint density at radius 1 is 1.03 bits per heavy atom. The largest absolute Gasteiger partial charge is 0.465 e. The number of carbonyl (C=O) groups is 2. The number of carbonyl (C=O) groups excluding carboxylic acids is 2. The van der Waals surface area contributed by atoms with Gasteiger partial charge in [0.25, 0.3) is 0 Å². The Balaban J connectivity index is 1.46. The summed E-state index contributed by atoms with van der Waals surface area (Å²) >= 11 is 1.42. The first-order valence-corrected chi connectivity index (χ1v) is 11.4. The van der Waals surface area contributed by atoms with E-state index < -0.39 is 5.97 Å². The molecule has 1 amide bonds. The normalized spacial score (nSPS) is 29.7. The lowest BCUT2D eigenvalue weighted by Crippen LogP contribution is -2.51. The van der Waals surface area contributed by atoms with Crippen LogP contribution in [0, 0.1) is 30.1 Å². The third-order valence-electron chi connectivity index (χ3n) is 7.29. The molecule has 1 heterocycles. The highest BCUT2D eigenvalue weighted by atomic mass is 32.1. The molecule has 2 aromatic rings. The molecule has 0 spiro atoms. The Bertz CT molecular complexity index is 924. The number of anilines is 1. The molecule has 5 heteroatoms. The zero-order chi connectivity index (χ0) is 20.2. The smallest absolute Gasteiger partial charge is 0.341 e. The standard InChI is InChI=1S/C24H27NO3S/c1-14-3-5-18(6-4-14)19-13-29-21(20(19)22(26)28-2)25-23(27)24-10-15-7-16(11-24)9-17(8-15)12-24/h3-6,13,15-17H,7-12H2,1-2H3,(H,25,27). The van der Waals surface area contributed by atoms with Gasteiger partial charge in [-0.2, -0.15) is 0 Å². The number of hydrogen-bond acceptors (Lipinski definition) is 4. The molecule has 4 fully saturated rings. The second-order valence-electron chi connectivity index (χ2n) is 9.36. The van der Waals surface area contributed by atoms with Crippen molar-refractivity contribution in [1.29, 1.82) is 0 Å². The fraction of sp³-hybridized carbons (Fsp3) is 0.500. The second-order valence-corrected chi connectivity index (χ2v) is 10.2. The van der Waals surface area contributed by atoms with E-state index in [-0.39, 0.29) is 11.3 Å². The molecular formula is C24H27NO3S. The van der Waals surface area contributed by atoms with E-state index in [0.29, 0.717) is 28.3 Å². The molecule has 4 bridgehead atoms. The highest BCUT2D eigenvalue weighted by Crippen LogP contribution is 2.60. The van der Waals surface area contributed by atoms with E-state index >= 15 is 0 Å². The number of hydrogen-bond donors (Lipinski definition) is 1. The van der Waals surface area contributed by atoms with Crippen LogP contribution in [0.1, 0.15) is 54.4 Å². The summed E-state index contributed by atoms with van der Waals surface area (Å²) in [7, 11) is 1.39. The number of amides is 1. The zero-order valence-electron chi connectivity index (χ0n) is 17.0. The van der Waals surface area contributed by atoms with Crippen molar-refractivity contribution < 1.29 is 14.3 Å². The van der Waals surface area contributed by atoms with Crippen molar-refractivity contribution in [2.45, 2.75) is 45.4 Å². The van der Waals surface area contributed by atoms with Gasteiger partial charge in [-0.3, -0.25) is 4.79 Å². The molecule has 0 saturated heterocycles. The molecule has 4 nitrogen and oxygen atoms in total. The Kier molecular flexibility index (Phi) is 4.54. The van der Waals surface area contributed by atoms with Gasteiger partial charge in [0.05, 0.1) is 12.5 Å². The molecule has 6 rings (SSSR count). The van der Waals surface area contributed by atoms with Crippen LogP contribution < -0.4 is 5.32 Å². The van der Waals surface area contributed by atoms with E-state index in [1.165, 1.54) is 43.3 Å². The Morgan fingerprint density at radius 2 is 1.62 bits per heavy atom. The number of methoxy groups -OCH3 is 1. The summed E-state index contributed by atoms with van der Waals surface area (Å²) < 4.78 is 5.07. The summed E-state index contributed by atoms with van der Waals surface area (Å²) in [6, 6.07) is 8.08. The maximum atomic E-state index is 13.5. The van der Waals surface area contributed by atoms with Crippen molar-refractivity contribution in [3.05, 3.63) is 40.8 Å². The van der Waals surface area contributed by atoms with Crippen LogP contribution in [-0.4, -0.2) is 19.0 Å². The van der Waals surface area contributed by atoms with Gasteiger partial charge in [0, 0.05) is 10.9 Å². The van der Waals surface area contributed by atoms with Crippen LogP contribution in [0.15, 0.2) is 29.6 Å². The van der Waals surface area contributed by atoms with Gasteiger partial charge in [-0.25, -0.2) is 4.79 Å². The fourth-order valence-corrected chi connectivity index (χ4v) is 7.28. The predicted octanol–water partition coefficient (Wildman–Crippen LogP) is 5.67. The first-order valence-electron chi connectivity index (χ1n) is 10.6. The number of benzene rings is 1. The van der Waals surface area contributed by atoms with Crippen LogP contribution in [-0.2, 0) is 9.53 Å². The van der Waals surface area contributed by atoms with Crippen LogP contribution in [0.5, 0.6) is 0 Å².